The quantitative estimate of drug-likeness (QED) is 0.522. The molecule has 14 heavy (non-hydrogen) atoms. The molecule has 80 valence electrons. The molecule has 0 aromatic rings. The second-order valence-corrected chi connectivity index (χ2v) is 4.93. The van der Waals surface area contributed by atoms with Crippen LogP contribution in [0.25, 0.3) is 0 Å². The van der Waals surface area contributed by atoms with Gasteiger partial charge in [0.2, 0.25) is 0 Å². The largest absolute Gasteiger partial charge is 0.443 e. The highest BCUT2D eigenvalue weighted by molar-refractivity contribution is 8.00. The molecule has 0 bridgehead atoms. The number of carbonyl (C=O) groups excluding carboxylic acids is 1. The van der Waals surface area contributed by atoms with E-state index in [9.17, 15) is 4.79 Å². The number of thioether (sulfide) groups is 1. The van der Waals surface area contributed by atoms with Gasteiger partial charge < -0.3 is 9.47 Å². The first-order valence-corrected chi connectivity index (χ1v) is 5.72. The molecular weight excluding hydrogens is 200 g/mol. The minimum Gasteiger partial charge on any atom is -0.443 e. The van der Waals surface area contributed by atoms with Crippen LogP contribution in [0.1, 0.15) is 19.8 Å². The van der Waals surface area contributed by atoms with Gasteiger partial charge in [-0.1, -0.05) is 6.58 Å². The molecular formula is C10H16O3S. The van der Waals surface area contributed by atoms with Crippen molar-refractivity contribution in [3.63, 3.8) is 0 Å². The summed E-state index contributed by atoms with van der Waals surface area (Å²) in [5.41, 5.74) is 0. The number of rotatable bonds is 2. The van der Waals surface area contributed by atoms with Gasteiger partial charge in [-0.15, -0.1) is 11.8 Å². The third-order valence-corrected chi connectivity index (χ3v) is 3.24. The van der Waals surface area contributed by atoms with Gasteiger partial charge in [0.25, 0.3) is 0 Å². The maximum Gasteiger partial charge on any atom is 0.331 e. The SMILES string of the molecule is C=CC(=O)OC1(C)COCCCCS1. The molecule has 1 aliphatic rings. The summed E-state index contributed by atoms with van der Waals surface area (Å²) < 4.78 is 10.6. The van der Waals surface area contributed by atoms with Crippen LogP contribution in [0.3, 0.4) is 0 Å². The van der Waals surface area contributed by atoms with E-state index in [2.05, 4.69) is 6.58 Å². The Balaban J connectivity index is 2.49. The first-order valence-electron chi connectivity index (χ1n) is 4.73. The standard InChI is InChI=1S/C10H16O3S/c1-3-9(11)13-10(2)8-12-6-4-5-7-14-10/h3H,1,4-8H2,2H3. The van der Waals surface area contributed by atoms with E-state index in [1.165, 1.54) is 6.08 Å². The highest BCUT2D eigenvalue weighted by atomic mass is 32.2. The minimum atomic E-state index is -0.550. The Labute approximate surface area is 88.8 Å². The van der Waals surface area contributed by atoms with E-state index in [1.807, 2.05) is 6.92 Å². The van der Waals surface area contributed by atoms with Crippen LogP contribution in [0, 0.1) is 0 Å². The van der Waals surface area contributed by atoms with E-state index in [4.69, 9.17) is 9.47 Å². The van der Waals surface area contributed by atoms with Crippen molar-refractivity contribution in [1.82, 2.24) is 0 Å². The molecule has 0 spiro atoms. The Bertz CT molecular complexity index is 207. The van der Waals surface area contributed by atoms with Gasteiger partial charge >= 0.3 is 5.97 Å². The molecule has 1 saturated heterocycles. The lowest BCUT2D eigenvalue weighted by molar-refractivity contribution is -0.148. The van der Waals surface area contributed by atoms with Crippen LogP contribution in [0.2, 0.25) is 0 Å². The summed E-state index contributed by atoms with van der Waals surface area (Å²) in [5, 5.41) is 0. The second-order valence-electron chi connectivity index (χ2n) is 3.37. The predicted molar refractivity (Wildman–Crippen MR) is 57.2 cm³/mol. The Morgan fingerprint density at radius 2 is 2.43 bits per heavy atom. The molecule has 1 unspecified atom stereocenters. The lowest BCUT2D eigenvalue weighted by Gasteiger charge is -2.29. The molecule has 0 aliphatic carbocycles. The van der Waals surface area contributed by atoms with Crippen LogP contribution in [0.4, 0.5) is 0 Å². The number of hydrogen-bond acceptors (Lipinski definition) is 4. The van der Waals surface area contributed by atoms with Gasteiger partial charge in [-0.2, -0.15) is 0 Å². The van der Waals surface area contributed by atoms with Gasteiger partial charge in [0, 0.05) is 12.7 Å². The molecule has 0 amide bonds. The molecule has 3 nitrogen and oxygen atoms in total. The Morgan fingerprint density at radius 3 is 3.14 bits per heavy atom. The van der Waals surface area contributed by atoms with Crippen molar-refractivity contribution in [2.45, 2.75) is 24.7 Å². The van der Waals surface area contributed by atoms with Crippen molar-refractivity contribution in [2.24, 2.45) is 0 Å². The molecule has 0 radical (unpaired) electrons. The molecule has 0 N–H and O–H groups in total. The van der Waals surface area contributed by atoms with Crippen LogP contribution < -0.4 is 0 Å². The van der Waals surface area contributed by atoms with E-state index in [0.717, 1.165) is 25.2 Å². The normalized spacial score (nSPS) is 28.6. The zero-order chi connectivity index (χ0) is 10.4. The third kappa shape index (κ3) is 3.72. The molecule has 0 aromatic heterocycles. The van der Waals surface area contributed by atoms with E-state index < -0.39 is 4.93 Å². The van der Waals surface area contributed by atoms with Crippen molar-refractivity contribution in [3.8, 4) is 0 Å². The monoisotopic (exact) mass is 216 g/mol. The first kappa shape index (κ1) is 11.6. The number of ether oxygens (including phenoxy) is 2. The van der Waals surface area contributed by atoms with E-state index in [-0.39, 0.29) is 5.97 Å². The van der Waals surface area contributed by atoms with Gasteiger partial charge in [-0.25, -0.2) is 4.79 Å². The van der Waals surface area contributed by atoms with Crippen LogP contribution in [0.5, 0.6) is 0 Å². The highest BCUT2D eigenvalue weighted by Gasteiger charge is 2.29. The Morgan fingerprint density at radius 1 is 1.64 bits per heavy atom. The topological polar surface area (TPSA) is 35.5 Å². The first-order chi connectivity index (χ1) is 6.66. The number of esters is 1. The van der Waals surface area contributed by atoms with E-state index >= 15 is 0 Å². The fourth-order valence-corrected chi connectivity index (χ4v) is 2.29. The highest BCUT2D eigenvalue weighted by Crippen LogP contribution is 2.29. The minimum absolute atomic E-state index is 0.385. The fraction of sp³-hybridized carbons (Fsp3) is 0.700. The smallest absolute Gasteiger partial charge is 0.331 e. The summed E-state index contributed by atoms with van der Waals surface area (Å²) in [6, 6.07) is 0. The maximum atomic E-state index is 11.1. The van der Waals surface area contributed by atoms with Crippen LogP contribution in [-0.2, 0) is 14.3 Å². The summed E-state index contributed by atoms with van der Waals surface area (Å²) in [7, 11) is 0. The van der Waals surface area contributed by atoms with Gasteiger partial charge in [-0.05, 0) is 25.5 Å². The zero-order valence-electron chi connectivity index (χ0n) is 8.45. The van der Waals surface area contributed by atoms with Crippen molar-refractivity contribution in [1.29, 1.82) is 0 Å². The van der Waals surface area contributed by atoms with Gasteiger partial charge in [0.15, 0.2) is 4.93 Å². The Kier molecular flexibility index (Phi) is 4.48. The molecule has 1 fully saturated rings. The summed E-state index contributed by atoms with van der Waals surface area (Å²) in [5.74, 6) is 0.619. The molecule has 1 rings (SSSR count). The van der Waals surface area contributed by atoms with Crippen molar-refractivity contribution >= 4 is 17.7 Å². The molecule has 0 aromatic carbocycles. The van der Waals surface area contributed by atoms with Crippen molar-refractivity contribution in [2.75, 3.05) is 19.0 Å². The number of carbonyl (C=O) groups is 1. The van der Waals surface area contributed by atoms with Gasteiger partial charge in [-0.3, -0.25) is 0 Å². The summed E-state index contributed by atoms with van der Waals surface area (Å²) >= 11 is 1.63. The van der Waals surface area contributed by atoms with Crippen molar-refractivity contribution < 1.29 is 14.3 Å². The summed E-state index contributed by atoms with van der Waals surface area (Å²) in [4.78, 5) is 10.5. The maximum absolute atomic E-state index is 11.1. The lowest BCUT2D eigenvalue weighted by Crippen LogP contribution is -2.34. The zero-order valence-corrected chi connectivity index (χ0v) is 9.27. The van der Waals surface area contributed by atoms with Gasteiger partial charge in [0.1, 0.15) is 0 Å². The molecule has 0 saturated carbocycles. The predicted octanol–water partition coefficient (Wildman–Crippen LogP) is 1.98. The lowest BCUT2D eigenvalue weighted by atomic mass is 10.3. The van der Waals surface area contributed by atoms with Crippen LogP contribution >= 0.6 is 11.8 Å². The van der Waals surface area contributed by atoms with Gasteiger partial charge in [0.05, 0.1) is 6.61 Å². The van der Waals surface area contributed by atoms with Crippen LogP contribution in [0.15, 0.2) is 12.7 Å². The third-order valence-electron chi connectivity index (χ3n) is 1.94. The summed E-state index contributed by atoms with van der Waals surface area (Å²) in [6.45, 7) is 6.46. The molecule has 4 heteroatoms. The summed E-state index contributed by atoms with van der Waals surface area (Å²) in [6.07, 6.45) is 3.37. The average Bonchev–Trinajstić information content (AvgIpc) is 2.12. The molecule has 1 heterocycles. The number of hydrogen-bond donors (Lipinski definition) is 0. The van der Waals surface area contributed by atoms with Crippen molar-refractivity contribution in [3.05, 3.63) is 12.7 Å². The second kappa shape index (κ2) is 5.41. The van der Waals surface area contributed by atoms with E-state index in [1.54, 1.807) is 11.8 Å². The Hall–Kier alpha value is -0.480. The van der Waals surface area contributed by atoms with E-state index in [0.29, 0.717) is 6.61 Å². The molecule has 1 atom stereocenters. The fourth-order valence-electron chi connectivity index (χ4n) is 1.21. The average molecular weight is 216 g/mol. The molecule has 1 aliphatic heterocycles. The van der Waals surface area contributed by atoms with Crippen LogP contribution in [-0.4, -0.2) is 29.9 Å².